The van der Waals surface area contributed by atoms with Crippen LogP contribution < -0.4 is 5.73 Å². The molecule has 1 aromatic heterocycles. The molecule has 2 aromatic rings. The van der Waals surface area contributed by atoms with Gasteiger partial charge >= 0.3 is 0 Å². The van der Waals surface area contributed by atoms with Gasteiger partial charge in [-0.3, -0.25) is 0 Å². The van der Waals surface area contributed by atoms with E-state index in [9.17, 15) is 4.39 Å². The predicted octanol–water partition coefficient (Wildman–Crippen LogP) is 4.27. The van der Waals surface area contributed by atoms with Crippen molar-refractivity contribution < 1.29 is 4.39 Å². The molecule has 0 aliphatic heterocycles. The van der Waals surface area contributed by atoms with Gasteiger partial charge in [0.25, 0.3) is 0 Å². The molecule has 1 heterocycles. The van der Waals surface area contributed by atoms with Gasteiger partial charge in [0.1, 0.15) is 5.82 Å². The predicted molar refractivity (Wildman–Crippen MR) is 74.1 cm³/mol. The zero-order valence-electron chi connectivity index (χ0n) is 10.3. The molecular formula is C15H16FNS. The first-order chi connectivity index (χ1) is 8.66. The second-order valence-corrected chi connectivity index (χ2v) is 6.09. The van der Waals surface area contributed by atoms with Gasteiger partial charge in [-0.25, -0.2) is 4.39 Å². The summed E-state index contributed by atoms with van der Waals surface area (Å²) in [5.41, 5.74) is 7.89. The lowest BCUT2D eigenvalue weighted by Crippen LogP contribution is -2.10. The summed E-state index contributed by atoms with van der Waals surface area (Å²) in [4.78, 5) is 2.33. The molecule has 0 saturated heterocycles. The lowest BCUT2D eigenvalue weighted by molar-refractivity contribution is 0.619. The topological polar surface area (TPSA) is 26.0 Å². The van der Waals surface area contributed by atoms with Crippen LogP contribution in [-0.2, 0) is 0 Å². The van der Waals surface area contributed by atoms with Crippen LogP contribution in [0, 0.1) is 18.7 Å². The number of nitrogens with two attached hydrogens (primary N) is 1. The lowest BCUT2D eigenvalue weighted by Gasteiger charge is -2.07. The van der Waals surface area contributed by atoms with Crippen LogP contribution >= 0.6 is 11.3 Å². The molecule has 1 atom stereocenters. The summed E-state index contributed by atoms with van der Waals surface area (Å²) in [6, 6.07) is 9.55. The van der Waals surface area contributed by atoms with Crippen LogP contribution in [0.5, 0.6) is 0 Å². The first kappa shape index (κ1) is 11.9. The third kappa shape index (κ3) is 2.08. The molecular weight excluding hydrogens is 245 g/mol. The number of benzene rings is 1. The lowest BCUT2D eigenvalue weighted by atomic mass is 10.1. The van der Waals surface area contributed by atoms with Crippen molar-refractivity contribution in [2.75, 3.05) is 0 Å². The van der Waals surface area contributed by atoms with Gasteiger partial charge in [-0.1, -0.05) is 12.1 Å². The standard InChI is InChI=1S/C15H16FNS/c1-9-11(3-2-4-12(9)16)13-7-8-14(18-13)15(17)10-5-6-10/h2-4,7-8,10,15H,5-6,17H2,1H3. The highest BCUT2D eigenvalue weighted by Gasteiger charge is 2.30. The Bertz CT molecular complexity index is 572. The van der Waals surface area contributed by atoms with E-state index in [4.69, 9.17) is 5.73 Å². The van der Waals surface area contributed by atoms with E-state index in [0.29, 0.717) is 11.5 Å². The number of hydrogen-bond acceptors (Lipinski definition) is 2. The molecule has 1 unspecified atom stereocenters. The molecule has 1 nitrogen and oxygen atoms in total. The first-order valence-corrected chi connectivity index (χ1v) is 7.09. The van der Waals surface area contributed by atoms with E-state index in [0.717, 1.165) is 10.4 Å². The molecule has 3 rings (SSSR count). The molecule has 1 aliphatic rings. The molecule has 94 valence electrons. The van der Waals surface area contributed by atoms with Crippen LogP contribution in [0.4, 0.5) is 4.39 Å². The number of rotatable bonds is 3. The summed E-state index contributed by atoms with van der Waals surface area (Å²) in [5, 5.41) is 0. The Morgan fingerprint density at radius 2 is 2.06 bits per heavy atom. The second-order valence-electron chi connectivity index (χ2n) is 4.98. The Hall–Kier alpha value is -1.19. The molecule has 3 heteroatoms. The zero-order valence-corrected chi connectivity index (χ0v) is 11.1. The normalized spacial score (nSPS) is 16.8. The van der Waals surface area contributed by atoms with E-state index in [1.54, 1.807) is 17.4 Å². The van der Waals surface area contributed by atoms with Gasteiger partial charge in [-0.2, -0.15) is 0 Å². The van der Waals surface area contributed by atoms with Crippen LogP contribution in [0.1, 0.15) is 29.3 Å². The quantitative estimate of drug-likeness (QED) is 0.877. The van der Waals surface area contributed by atoms with Crippen molar-refractivity contribution in [2.45, 2.75) is 25.8 Å². The van der Waals surface area contributed by atoms with Crippen LogP contribution in [0.15, 0.2) is 30.3 Å². The van der Waals surface area contributed by atoms with Crippen molar-refractivity contribution >= 4 is 11.3 Å². The molecule has 1 saturated carbocycles. The van der Waals surface area contributed by atoms with Crippen molar-refractivity contribution in [1.29, 1.82) is 0 Å². The average molecular weight is 261 g/mol. The van der Waals surface area contributed by atoms with Gasteiger partial charge < -0.3 is 5.73 Å². The highest BCUT2D eigenvalue weighted by atomic mass is 32.1. The van der Waals surface area contributed by atoms with Crippen LogP contribution in [-0.4, -0.2) is 0 Å². The van der Waals surface area contributed by atoms with E-state index >= 15 is 0 Å². The van der Waals surface area contributed by atoms with E-state index in [1.807, 2.05) is 13.0 Å². The Balaban J connectivity index is 1.94. The number of halogens is 1. The van der Waals surface area contributed by atoms with E-state index in [2.05, 4.69) is 12.1 Å². The maximum atomic E-state index is 13.5. The van der Waals surface area contributed by atoms with Crippen molar-refractivity contribution in [3.05, 3.63) is 46.6 Å². The average Bonchev–Trinajstić information content (AvgIpc) is 3.10. The van der Waals surface area contributed by atoms with Crippen LogP contribution in [0.25, 0.3) is 10.4 Å². The van der Waals surface area contributed by atoms with Crippen molar-refractivity contribution in [2.24, 2.45) is 11.7 Å². The van der Waals surface area contributed by atoms with Gasteiger partial charge in [0.05, 0.1) is 0 Å². The minimum atomic E-state index is -0.144. The second kappa shape index (κ2) is 4.48. The molecule has 0 amide bonds. The molecule has 1 aromatic carbocycles. The third-order valence-electron chi connectivity index (χ3n) is 3.62. The summed E-state index contributed by atoms with van der Waals surface area (Å²) in [7, 11) is 0. The van der Waals surface area contributed by atoms with Gasteiger partial charge in [0.2, 0.25) is 0 Å². The van der Waals surface area contributed by atoms with Gasteiger partial charge in [0, 0.05) is 15.8 Å². The SMILES string of the molecule is Cc1c(F)cccc1-c1ccc(C(N)C2CC2)s1. The van der Waals surface area contributed by atoms with E-state index < -0.39 is 0 Å². The summed E-state index contributed by atoms with van der Waals surface area (Å²) >= 11 is 1.69. The van der Waals surface area contributed by atoms with E-state index in [-0.39, 0.29) is 11.9 Å². The summed E-state index contributed by atoms with van der Waals surface area (Å²) in [6.07, 6.45) is 2.49. The monoisotopic (exact) mass is 261 g/mol. The van der Waals surface area contributed by atoms with E-state index in [1.165, 1.54) is 23.8 Å². The fourth-order valence-electron chi connectivity index (χ4n) is 2.24. The first-order valence-electron chi connectivity index (χ1n) is 6.27. The molecule has 2 N–H and O–H groups in total. The highest BCUT2D eigenvalue weighted by molar-refractivity contribution is 7.15. The number of thiophene rings is 1. The minimum Gasteiger partial charge on any atom is -0.323 e. The van der Waals surface area contributed by atoms with Crippen molar-refractivity contribution in [3.63, 3.8) is 0 Å². The van der Waals surface area contributed by atoms with Crippen molar-refractivity contribution in [3.8, 4) is 10.4 Å². The third-order valence-corrected chi connectivity index (χ3v) is 4.84. The molecule has 1 fully saturated rings. The van der Waals surface area contributed by atoms with Crippen molar-refractivity contribution in [1.82, 2.24) is 0 Å². The largest absolute Gasteiger partial charge is 0.323 e. The zero-order chi connectivity index (χ0) is 12.7. The molecule has 0 spiro atoms. The summed E-state index contributed by atoms with van der Waals surface area (Å²) in [5.74, 6) is 0.513. The van der Waals surface area contributed by atoms with Gasteiger partial charge in [-0.15, -0.1) is 11.3 Å². The smallest absolute Gasteiger partial charge is 0.126 e. The Kier molecular flexibility index (Phi) is 2.96. The maximum absolute atomic E-state index is 13.5. The molecule has 0 radical (unpaired) electrons. The Morgan fingerprint density at radius 1 is 1.28 bits per heavy atom. The van der Waals surface area contributed by atoms with Gasteiger partial charge in [-0.05, 0) is 55.0 Å². The van der Waals surface area contributed by atoms with Gasteiger partial charge in [0.15, 0.2) is 0 Å². The molecule has 18 heavy (non-hydrogen) atoms. The Labute approximate surface area is 110 Å². The fraction of sp³-hybridized carbons (Fsp3) is 0.333. The summed E-state index contributed by atoms with van der Waals surface area (Å²) in [6.45, 7) is 1.82. The highest BCUT2D eigenvalue weighted by Crippen LogP contribution is 2.43. The molecule has 0 bridgehead atoms. The summed E-state index contributed by atoms with van der Waals surface area (Å²) < 4.78 is 13.5. The Morgan fingerprint density at radius 3 is 2.78 bits per heavy atom. The fourth-order valence-corrected chi connectivity index (χ4v) is 3.42. The number of hydrogen-bond donors (Lipinski definition) is 1. The van der Waals surface area contributed by atoms with Crippen LogP contribution in [0.2, 0.25) is 0 Å². The maximum Gasteiger partial charge on any atom is 0.126 e. The van der Waals surface area contributed by atoms with Crippen LogP contribution in [0.3, 0.4) is 0 Å². The minimum absolute atomic E-state index is 0.144. The molecule has 1 aliphatic carbocycles.